The molecule has 0 aliphatic carbocycles. The number of fused-ring (bicyclic) bond motifs is 2. The molecule has 3 heterocycles. The Labute approximate surface area is 165 Å². The first-order valence-corrected chi connectivity index (χ1v) is 9.76. The first-order valence-electron chi connectivity index (χ1n) is 9.76. The lowest BCUT2D eigenvalue weighted by Crippen LogP contribution is -2.35. The summed E-state index contributed by atoms with van der Waals surface area (Å²) in [4.78, 5) is 20.9. The molecule has 2 aliphatic rings. The van der Waals surface area contributed by atoms with Crippen molar-refractivity contribution in [3.8, 4) is 0 Å². The molecule has 148 valence electrons. The van der Waals surface area contributed by atoms with Crippen LogP contribution in [0.25, 0.3) is 0 Å². The normalized spacial score (nSPS) is 19.3. The second kappa shape index (κ2) is 7.18. The Morgan fingerprint density at radius 3 is 2.68 bits per heavy atom. The van der Waals surface area contributed by atoms with Gasteiger partial charge < -0.3 is 9.84 Å². The van der Waals surface area contributed by atoms with Gasteiger partial charge in [-0.15, -0.1) is 0 Å². The third kappa shape index (κ3) is 3.88. The van der Waals surface area contributed by atoms with E-state index in [4.69, 9.17) is 9.72 Å². The molecule has 1 aromatic carbocycles. The number of aliphatic hydroxyl groups is 1. The zero-order chi connectivity index (χ0) is 19.9. The van der Waals surface area contributed by atoms with E-state index in [1.54, 1.807) is 0 Å². The van der Waals surface area contributed by atoms with Crippen molar-refractivity contribution in [2.75, 3.05) is 6.54 Å². The number of hydrogen-bond donors (Lipinski definition) is 1. The van der Waals surface area contributed by atoms with Gasteiger partial charge in [-0.05, 0) is 43.5 Å². The first-order chi connectivity index (χ1) is 13.3. The number of aromatic nitrogens is 1. The highest BCUT2D eigenvalue weighted by Crippen LogP contribution is 2.34. The number of rotatable bonds is 2. The molecular formula is C22H27N3O3. The van der Waals surface area contributed by atoms with Gasteiger partial charge in [-0.1, -0.05) is 30.3 Å². The molecule has 0 fully saturated rings. The fourth-order valence-electron chi connectivity index (χ4n) is 3.82. The van der Waals surface area contributed by atoms with Gasteiger partial charge >= 0.3 is 6.09 Å². The minimum Gasteiger partial charge on any atom is -0.444 e. The topological polar surface area (TPSA) is 65.9 Å². The molecule has 0 saturated carbocycles. The van der Waals surface area contributed by atoms with Crippen molar-refractivity contribution in [1.29, 1.82) is 0 Å². The maximum atomic E-state index is 12.4. The van der Waals surface area contributed by atoms with Crippen molar-refractivity contribution in [3.63, 3.8) is 0 Å². The average molecular weight is 381 g/mol. The number of pyridine rings is 1. The van der Waals surface area contributed by atoms with Crippen molar-refractivity contribution in [2.24, 2.45) is 0 Å². The number of aliphatic hydroxyl groups excluding tert-OH is 1. The summed E-state index contributed by atoms with van der Waals surface area (Å²) in [5.74, 6) is 0. The van der Waals surface area contributed by atoms with Crippen LogP contribution in [0, 0.1) is 0 Å². The van der Waals surface area contributed by atoms with Crippen LogP contribution in [-0.4, -0.2) is 38.1 Å². The number of amides is 1. The van der Waals surface area contributed by atoms with Crippen LogP contribution in [0.3, 0.4) is 0 Å². The molecule has 1 amide bonds. The highest BCUT2D eigenvalue weighted by molar-refractivity contribution is 5.69. The Hall–Kier alpha value is -2.44. The van der Waals surface area contributed by atoms with Gasteiger partial charge in [0.1, 0.15) is 5.60 Å². The monoisotopic (exact) mass is 381 g/mol. The Balaban J connectivity index is 1.50. The molecule has 0 radical (unpaired) electrons. The molecule has 0 saturated heterocycles. The predicted octanol–water partition coefficient (Wildman–Crippen LogP) is 3.38. The summed E-state index contributed by atoms with van der Waals surface area (Å²) in [6, 6.07) is 12.5. The lowest BCUT2D eigenvalue weighted by Gasteiger charge is -2.28. The van der Waals surface area contributed by atoms with Crippen molar-refractivity contribution in [3.05, 3.63) is 64.5 Å². The molecule has 6 heteroatoms. The Morgan fingerprint density at radius 2 is 1.96 bits per heavy atom. The van der Waals surface area contributed by atoms with E-state index in [9.17, 15) is 9.90 Å². The van der Waals surface area contributed by atoms with E-state index in [1.165, 1.54) is 16.0 Å². The van der Waals surface area contributed by atoms with E-state index in [0.717, 1.165) is 37.3 Å². The fourth-order valence-corrected chi connectivity index (χ4v) is 3.82. The summed E-state index contributed by atoms with van der Waals surface area (Å²) in [5.41, 5.74) is 4.38. The van der Waals surface area contributed by atoms with E-state index >= 15 is 0 Å². The number of carbonyl (C=O) groups is 1. The SMILES string of the molecule is CC(C)(C)OC(=O)N1Cc2cc3c(nc2C1O)CCN(Cc1ccccc1)C3. The lowest BCUT2D eigenvalue weighted by molar-refractivity contribution is -0.0269. The number of nitrogens with zero attached hydrogens (tertiary/aromatic N) is 3. The summed E-state index contributed by atoms with van der Waals surface area (Å²) in [7, 11) is 0. The quantitative estimate of drug-likeness (QED) is 0.864. The van der Waals surface area contributed by atoms with Gasteiger partial charge in [-0.25, -0.2) is 4.79 Å². The fraction of sp³-hybridized carbons (Fsp3) is 0.455. The minimum absolute atomic E-state index is 0.324. The molecule has 6 nitrogen and oxygen atoms in total. The van der Waals surface area contributed by atoms with Crippen LogP contribution in [0.1, 0.15) is 55.1 Å². The maximum Gasteiger partial charge on any atom is 0.412 e. The molecule has 2 aromatic rings. The second-order valence-electron chi connectivity index (χ2n) is 8.57. The lowest BCUT2D eigenvalue weighted by atomic mass is 10.0. The molecule has 0 bridgehead atoms. The standard InChI is InChI=1S/C22H27N3O3/c1-22(2,3)28-21(27)25-14-17-11-16-13-24(12-15-7-5-4-6-8-15)10-9-18(16)23-19(17)20(25)26/h4-8,11,20,26H,9-10,12-14H2,1-3H3. The molecule has 1 unspecified atom stereocenters. The van der Waals surface area contributed by atoms with E-state index in [0.29, 0.717) is 12.2 Å². The number of carbonyl (C=O) groups excluding carboxylic acids is 1. The van der Waals surface area contributed by atoms with Crippen LogP contribution in [-0.2, 0) is 30.8 Å². The average Bonchev–Trinajstić information content (AvgIpc) is 2.95. The molecule has 2 aliphatic heterocycles. The summed E-state index contributed by atoms with van der Waals surface area (Å²) < 4.78 is 5.42. The van der Waals surface area contributed by atoms with Gasteiger partial charge in [0, 0.05) is 31.7 Å². The van der Waals surface area contributed by atoms with Gasteiger partial charge in [0.15, 0.2) is 6.23 Å². The van der Waals surface area contributed by atoms with Crippen molar-refractivity contribution >= 4 is 6.09 Å². The number of hydrogen-bond acceptors (Lipinski definition) is 5. The van der Waals surface area contributed by atoms with Crippen molar-refractivity contribution < 1.29 is 14.6 Å². The molecule has 1 atom stereocenters. The van der Waals surface area contributed by atoms with Crippen molar-refractivity contribution in [2.45, 2.75) is 58.7 Å². The Kier molecular flexibility index (Phi) is 4.85. The molecule has 28 heavy (non-hydrogen) atoms. The molecule has 1 N–H and O–H groups in total. The van der Waals surface area contributed by atoms with E-state index in [1.807, 2.05) is 26.8 Å². The summed E-state index contributed by atoms with van der Waals surface area (Å²) in [6.45, 7) is 8.44. The smallest absolute Gasteiger partial charge is 0.412 e. The van der Waals surface area contributed by atoms with Crippen LogP contribution in [0.2, 0.25) is 0 Å². The van der Waals surface area contributed by atoms with Gasteiger partial charge in [-0.3, -0.25) is 14.8 Å². The van der Waals surface area contributed by atoms with E-state index in [2.05, 4.69) is 35.2 Å². The van der Waals surface area contributed by atoms with Crippen molar-refractivity contribution in [1.82, 2.24) is 14.8 Å². The van der Waals surface area contributed by atoms with Crippen LogP contribution < -0.4 is 0 Å². The number of ether oxygens (including phenoxy) is 1. The zero-order valence-corrected chi connectivity index (χ0v) is 16.7. The third-order valence-corrected chi connectivity index (χ3v) is 5.12. The molecule has 1 aromatic heterocycles. The van der Waals surface area contributed by atoms with Gasteiger partial charge in [0.25, 0.3) is 0 Å². The van der Waals surface area contributed by atoms with Gasteiger partial charge in [0.2, 0.25) is 0 Å². The Bertz CT molecular complexity index is 877. The summed E-state index contributed by atoms with van der Waals surface area (Å²) in [6.07, 6.45) is -0.714. The summed E-state index contributed by atoms with van der Waals surface area (Å²) >= 11 is 0. The van der Waals surface area contributed by atoms with Crippen LogP contribution in [0.5, 0.6) is 0 Å². The van der Waals surface area contributed by atoms with Crippen LogP contribution >= 0.6 is 0 Å². The minimum atomic E-state index is -1.04. The van der Waals surface area contributed by atoms with Gasteiger partial charge in [0.05, 0.1) is 12.2 Å². The predicted molar refractivity (Wildman–Crippen MR) is 105 cm³/mol. The third-order valence-electron chi connectivity index (χ3n) is 5.12. The van der Waals surface area contributed by atoms with E-state index in [-0.39, 0.29) is 0 Å². The molecule has 0 spiro atoms. The van der Waals surface area contributed by atoms with Gasteiger partial charge in [-0.2, -0.15) is 0 Å². The van der Waals surface area contributed by atoms with Crippen LogP contribution in [0.15, 0.2) is 36.4 Å². The maximum absolute atomic E-state index is 12.4. The van der Waals surface area contributed by atoms with E-state index < -0.39 is 17.9 Å². The largest absolute Gasteiger partial charge is 0.444 e. The van der Waals surface area contributed by atoms with Crippen LogP contribution in [0.4, 0.5) is 4.79 Å². The Morgan fingerprint density at radius 1 is 1.21 bits per heavy atom. The highest BCUT2D eigenvalue weighted by Gasteiger charge is 2.37. The number of benzene rings is 1. The highest BCUT2D eigenvalue weighted by atomic mass is 16.6. The zero-order valence-electron chi connectivity index (χ0n) is 16.7. The molecule has 4 rings (SSSR count). The molecular weight excluding hydrogens is 354 g/mol. The second-order valence-corrected chi connectivity index (χ2v) is 8.57. The first kappa shape index (κ1) is 18.9. The summed E-state index contributed by atoms with van der Waals surface area (Å²) in [5, 5.41) is 10.6.